The smallest absolute Gasteiger partial charge is 0.175 e. The molecule has 0 amide bonds. The van der Waals surface area contributed by atoms with Crippen LogP contribution in [-0.4, -0.2) is 22.0 Å². The molecule has 1 heterocycles. The first-order valence-corrected chi connectivity index (χ1v) is 8.33. The van der Waals surface area contributed by atoms with Crippen LogP contribution >= 0.6 is 12.2 Å². The number of thiocarbonyl (C=S) groups is 1. The molecule has 6 heteroatoms. The van der Waals surface area contributed by atoms with Crippen LogP contribution in [0.3, 0.4) is 0 Å². The molecule has 0 aliphatic rings. The first-order chi connectivity index (χ1) is 12.1. The molecule has 5 nitrogen and oxygen atoms in total. The fourth-order valence-corrected chi connectivity index (χ4v) is 2.60. The number of aromatic nitrogens is 2. The molecular weight excluding hydrogens is 332 g/mol. The van der Waals surface area contributed by atoms with E-state index in [1.807, 2.05) is 35.1 Å². The van der Waals surface area contributed by atoms with Crippen molar-refractivity contribution in [1.82, 2.24) is 9.78 Å². The Bertz CT molecular complexity index is 841. The first-order valence-electron chi connectivity index (χ1n) is 7.92. The second kappa shape index (κ2) is 7.81. The fourth-order valence-electron chi connectivity index (χ4n) is 2.36. The van der Waals surface area contributed by atoms with Crippen LogP contribution < -0.4 is 15.4 Å². The van der Waals surface area contributed by atoms with Gasteiger partial charge in [0.05, 0.1) is 25.5 Å². The second-order valence-electron chi connectivity index (χ2n) is 5.72. The summed E-state index contributed by atoms with van der Waals surface area (Å²) in [4.78, 5) is 0. The van der Waals surface area contributed by atoms with Crippen LogP contribution in [0.2, 0.25) is 0 Å². The van der Waals surface area contributed by atoms with Gasteiger partial charge in [0.15, 0.2) is 5.11 Å². The third-order valence-electron chi connectivity index (χ3n) is 3.70. The lowest BCUT2D eigenvalue weighted by molar-refractivity contribution is 0.415. The SMILES string of the molecule is COc1ccc(NC(=S)Nc2cnn(Cc3ccc(C)cc3)c2)cc1. The molecule has 0 spiro atoms. The molecule has 2 N–H and O–H groups in total. The molecule has 0 aliphatic carbocycles. The maximum atomic E-state index is 5.34. The highest BCUT2D eigenvalue weighted by atomic mass is 32.1. The minimum Gasteiger partial charge on any atom is -0.497 e. The highest BCUT2D eigenvalue weighted by Gasteiger charge is 2.03. The summed E-state index contributed by atoms with van der Waals surface area (Å²) in [6.07, 6.45) is 3.69. The van der Waals surface area contributed by atoms with Gasteiger partial charge in [0, 0.05) is 11.9 Å². The highest BCUT2D eigenvalue weighted by Crippen LogP contribution is 2.15. The summed E-state index contributed by atoms with van der Waals surface area (Å²) in [5.41, 5.74) is 4.20. The zero-order valence-electron chi connectivity index (χ0n) is 14.2. The number of anilines is 2. The van der Waals surface area contributed by atoms with Crippen molar-refractivity contribution >= 4 is 28.7 Å². The standard InChI is InChI=1S/C19H20N4OS/c1-14-3-5-15(6-4-14)12-23-13-17(11-20-23)22-19(25)21-16-7-9-18(24-2)10-8-16/h3-11,13H,12H2,1-2H3,(H2,21,22,25). The summed E-state index contributed by atoms with van der Waals surface area (Å²) in [6, 6.07) is 16.0. The fraction of sp³-hybridized carbons (Fsp3) is 0.158. The third kappa shape index (κ3) is 4.81. The minimum atomic E-state index is 0.514. The van der Waals surface area contributed by atoms with Gasteiger partial charge in [0.1, 0.15) is 5.75 Å². The summed E-state index contributed by atoms with van der Waals surface area (Å²) in [6.45, 7) is 2.80. The van der Waals surface area contributed by atoms with E-state index in [1.54, 1.807) is 13.3 Å². The third-order valence-corrected chi connectivity index (χ3v) is 3.91. The lowest BCUT2D eigenvalue weighted by Gasteiger charge is -2.09. The maximum Gasteiger partial charge on any atom is 0.175 e. The van der Waals surface area contributed by atoms with Crippen molar-refractivity contribution in [3.05, 3.63) is 72.1 Å². The van der Waals surface area contributed by atoms with Crippen molar-refractivity contribution in [3.8, 4) is 5.75 Å². The van der Waals surface area contributed by atoms with Gasteiger partial charge in [-0.25, -0.2) is 0 Å². The molecule has 128 valence electrons. The second-order valence-corrected chi connectivity index (χ2v) is 6.13. The van der Waals surface area contributed by atoms with E-state index in [1.165, 1.54) is 11.1 Å². The Balaban J connectivity index is 1.56. The number of methoxy groups -OCH3 is 1. The highest BCUT2D eigenvalue weighted by molar-refractivity contribution is 7.80. The molecule has 0 radical (unpaired) electrons. The molecule has 0 aliphatic heterocycles. The van der Waals surface area contributed by atoms with Crippen molar-refractivity contribution in [3.63, 3.8) is 0 Å². The number of hydrogen-bond acceptors (Lipinski definition) is 3. The zero-order valence-corrected chi connectivity index (χ0v) is 15.0. The van der Waals surface area contributed by atoms with E-state index < -0.39 is 0 Å². The lowest BCUT2D eigenvalue weighted by Crippen LogP contribution is -2.18. The minimum absolute atomic E-state index is 0.514. The number of hydrogen-bond donors (Lipinski definition) is 2. The number of rotatable bonds is 5. The summed E-state index contributed by atoms with van der Waals surface area (Å²) < 4.78 is 7.02. The van der Waals surface area contributed by atoms with Crippen molar-refractivity contribution in [1.29, 1.82) is 0 Å². The number of aryl methyl sites for hydroxylation is 1. The van der Waals surface area contributed by atoms with Gasteiger partial charge in [-0.05, 0) is 49.0 Å². The van der Waals surface area contributed by atoms with Gasteiger partial charge in [-0.2, -0.15) is 5.10 Å². The van der Waals surface area contributed by atoms with Gasteiger partial charge in [-0.15, -0.1) is 0 Å². The summed E-state index contributed by atoms with van der Waals surface area (Å²) in [5.74, 6) is 0.807. The van der Waals surface area contributed by atoms with E-state index in [0.717, 1.165) is 23.7 Å². The van der Waals surface area contributed by atoms with Gasteiger partial charge >= 0.3 is 0 Å². The predicted octanol–water partition coefficient (Wildman–Crippen LogP) is 4.06. The van der Waals surface area contributed by atoms with Crippen LogP contribution in [0.25, 0.3) is 0 Å². The average molecular weight is 352 g/mol. The maximum absolute atomic E-state index is 5.34. The zero-order chi connectivity index (χ0) is 17.6. The normalized spacial score (nSPS) is 10.3. The number of nitrogens with one attached hydrogen (secondary N) is 2. The van der Waals surface area contributed by atoms with E-state index in [0.29, 0.717) is 5.11 Å². The van der Waals surface area contributed by atoms with Crippen LogP contribution in [0.5, 0.6) is 5.75 Å². The molecule has 0 atom stereocenters. The Kier molecular flexibility index (Phi) is 5.30. The quantitative estimate of drug-likeness (QED) is 0.678. The first kappa shape index (κ1) is 17.0. The number of ether oxygens (including phenoxy) is 1. The summed E-state index contributed by atoms with van der Waals surface area (Å²) in [5, 5.41) is 11.2. The molecule has 3 aromatic rings. The number of nitrogens with zero attached hydrogens (tertiary/aromatic N) is 2. The topological polar surface area (TPSA) is 51.1 Å². The van der Waals surface area contributed by atoms with Crippen LogP contribution in [0.1, 0.15) is 11.1 Å². The molecule has 1 aromatic heterocycles. The Labute approximate surface area is 152 Å². The molecule has 25 heavy (non-hydrogen) atoms. The molecular formula is C19H20N4OS. The average Bonchev–Trinajstić information content (AvgIpc) is 3.04. The van der Waals surface area contributed by atoms with Gasteiger partial charge in [0.25, 0.3) is 0 Å². The molecule has 0 fully saturated rings. The Morgan fingerprint density at radius 3 is 2.40 bits per heavy atom. The largest absolute Gasteiger partial charge is 0.497 e. The van der Waals surface area contributed by atoms with Crippen LogP contribution in [-0.2, 0) is 6.54 Å². The van der Waals surface area contributed by atoms with Crippen LogP contribution in [0.4, 0.5) is 11.4 Å². The van der Waals surface area contributed by atoms with Gasteiger partial charge < -0.3 is 15.4 Å². The lowest BCUT2D eigenvalue weighted by atomic mass is 10.1. The van der Waals surface area contributed by atoms with Gasteiger partial charge in [-0.3, -0.25) is 4.68 Å². The summed E-state index contributed by atoms with van der Waals surface area (Å²) >= 11 is 5.34. The predicted molar refractivity (Wildman–Crippen MR) is 105 cm³/mol. The molecule has 0 unspecified atom stereocenters. The van der Waals surface area contributed by atoms with Crippen LogP contribution in [0, 0.1) is 6.92 Å². The Morgan fingerprint density at radius 1 is 1.04 bits per heavy atom. The molecule has 0 saturated heterocycles. The van der Waals surface area contributed by atoms with Crippen molar-refractivity contribution in [2.24, 2.45) is 0 Å². The molecule has 0 saturated carbocycles. The number of benzene rings is 2. The van der Waals surface area contributed by atoms with Crippen LogP contribution in [0.15, 0.2) is 60.9 Å². The Hall–Kier alpha value is -2.86. The van der Waals surface area contributed by atoms with Gasteiger partial charge in [0.2, 0.25) is 0 Å². The van der Waals surface area contributed by atoms with E-state index in [9.17, 15) is 0 Å². The monoisotopic (exact) mass is 352 g/mol. The molecule has 3 rings (SSSR count). The van der Waals surface area contributed by atoms with Crippen molar-refractivity contribution in [2.75, 3.05) is 17.7 Å². The van der Waals surface area contributed by atoms with Crippen molar-refractivity contribution in [2.45, 2.75) is 13.5 Å². The van der Waals surface area contributed by atoms with Gasteiger partial charge in [-0.1, -0.05) is 29.8 Å². The van der Waals surface area contributed by atoms with E-state index in [4.69, 9.17) is 17.0 Å². The summed E-state index contributed by atoms with van der Waals surface area (Å²) in [7, 11) is 1.64. The van der Waals surface area contributed by atoms with Crippen molar-refractivity contribution < 1.29 is 4.74 Å². The van der Waals surface area contributed by atoms with E-state index >= 15 is 0 Å². The molecule has 2 aromatic carbocycles. The van der Waals surface area contributed by atoms with E-state index in [-0.39, 0.29) is 0 Å². The molecule has 0 bridgehead atoms. The Morgan fingerprint density at radius 2 is 1.72 bits per heavy atom. The van der Waals surface area contributed by atoms with E-state index in [2.05, 4.69) is 46.9 Å².